The minimum Gasteiger partial charge on any atom is -0.405 e. The van der Waals surface area contributed by atoms with Gasteiger partial charge in [0.15, 0.2) is 5.96 Å². The maximum atomic E-state index is 12.5. The third-order valence-corrected chi connectivity index (χ3v) is 4.74. The van der Waals surface area contributed by atoms with Crippen LogP contribution in [0, 0.1) is 0 Å². The molecular weight excluding hydrogens is 528 g/mol. The molecule has 1 aromatic carbocycles. The van der Waals surface area contributed by atoms with E-state index in [1.54, 1.807) is 23.7 Å². The van der Waals surface area contributed by atoms with Gasteiger partial charge >= 0.3 is 12.1 Å². The van der Waals surface area contributed by atoms with Crippen LogP contribution in [-0.2, 0) is 26.1 Å². The SMILES string of the molecule is CN=C(NCCCn1nc2n(c1=O)CCCC2)NCc1ccccc1OC(F)(F)F.I. The molecule has 0 saturated heterocycles. The quantitative estimate of drug-likeness (QED) is 0.238. The van der Waals surface area contributed by atoms with Gasteiger partial charge in [-0.3, -0.25) is 9.56 Å². The predicted molar refractivity (Wildman–Crippen MR) is 121 cm³/mol. The number of hydrogen-bond acceptors (Lipinski definition) is 4. The Kier molecular flexibility index (Phi) is 9.19. The molecule has 2 N–H and O–H groups in total. The van der Waals surface area contributed by atoms with Crippen molar-refractivity contribution < 1.29 is 17.9 Å². The van der Waals surface area contributed by atoms with Crippen molar-refractivity contribution in [2.24, 2.45) is 4.99 Å². The number of hydrogen-bond donors (Lipinski definition) is 2. The van der Waals surface area contributed by atoms with E-state index in [4.69, 9.17) is 0 Å². The smallest absolute Gasteiger partial charge is 0.405 e. The molecule has 3 rings (SSSR count). The minimum absolute atomic E-state index is 0. The van der Waals surface area contributed by atoms with Gasteiger partial charge in [0.05, 0.1) is 0 Å². The van der Waals surface area contributed by atoms with Crippen LogP contribution in [0.15, 0.2) is 34.1 Å². The van der Waals surface area contributed by atoms with Gasteiger partial charge in [-0.25, -0.2) is 9.48 Å². The van der Waals surface area contributed by atoms with Crippen molar-refractivity contribution in [3.63, 3.8) is 0 Å². The molecular formula is C19H26F3IN6O2. The van der Waals surface area contributed by atoms with E-state index in [1.165, 1.54) is 16.8 Å². The Balaban J connectivity index is 0.00000341. The standard InChI is InChI=1S/C19H25F3N6O2.HI/c1-23-17(25-13-14-7-2-3-8-15(14)30-19(20,21)22)24-10-6-12-28-18(29)27-11-5-4-9-16(27)26-28;/h2-3,7-8H,4-6,9-13H2,1H3,(H2,23,24,25);1H. The fourth-order valence-electron chi connectivity index (χ4n) is 3.30. The molecule has 0 amide bonds. The van der Waals surface area contributed by atoms with Crippen molar-refractivity contribution in [3.05, 3.63) is 46.1 Å². The number of guanidine groups is 1. The number of aliphatic imine (C=N–C) groups is 1. The van der Waals surface area contributed by atoms with E-state index in [2.05, 4.69) is 25.5 Å². The first-order chi connectivity index (χ1) is 14.4. The summed E-state index contributed by atoms with van der Waals surface area (Å²) in [5.74, 6) is 1.03. The topological polar surface area (TPSA) is 85.5 Å². The zero-order chi connectivity index (χ0) is 21.6. The Morgan fingerprint density at radius 3 is 2.74 bits per heavy atom. The molecule has 0 atom stereocenters. The van der Waals surface area contributed by atoms with Crippen LogP contribution in [0.3, 0.4) is 0 Å². The first-order valence-corrected chi connectivity index (χ1v) is 9.82. The average Bonchev–Trinajstić information content (AvgIpc) is 3.03. The van der Waals surface area contributed by atoms with Crippen molar-refractivity contribution in [1.29, 1.82) is 0 Å². The van der Waals surface area contributed by atoms with Gasteiger partial charge in [0.1, 0.15) is 11.6 Å². The summed E-state index contributed by atoms with van der Waals surface area (Å²) in [7, 11) is 1.57. The highest BCUT2D eigenvalue weighted by Gasteiger charge is 2.31. The van der Waals surface area contributed by atoms with Crippen molar-refractivity contribution in [2.45, 2.75) is 51.7 Å². The second kappa shape index (κ2) is 11.4. The summed E-state index contributed by atoms with van der Waals surface area (Å²) in [4.78, 5) is 16.4. The number of aromatic nitrogens is 3. The molecule has 1 aromatic heterocycles. The fourth-order valence-corrected chi connectivity index (χ4v) is 3.30. The molecule has 8 nitrogen and oxygen atoms in total. The van der Waals surface area contributed by atoms with Crippen molar-refractivity contribution in [3.8, 4) is 5.75 Å². The molecule has 172 valence electrons. The number of alkyl halides is 3. The molecule has 0 fully saturated rings. The molecule has 0 spiro atoms. The molecule has 1 aliphatic heterocycles. The first kappa shape index (κ1) is 25.0. The number of nitrogens with zero attached hydrogens (tertiary/aromatic N) is 4. The lowest BCUT2D eigenvalue weighted by Gasteiger charge is -2.15. The number of para-hydroxylation sites is 1. The van der Waals surface area contributed by atoms with Crippen LogP contribution in [-0.4, -0.2) is 40.3 Å². The second-order valence-corrected chi connectivity index (χ2v) is 6.89. The number of benzene rings is 1. The normalized spacial score (nSPS) is 13.9. The Labute approximate surface area is 194 Å². The first-order valence-electron chi connectivity index (χ1n) is 9.82. The molecule has 2 aromatic rings. The molecule has 12 heteroatoms. The van der Waals surface area contributed by atoms with Crippen LogP contribution in [0.5, 0.6) is 5.75 Å². The lowest BCUT2D eigenvalue weighted by Crippen LogP contribution is -2.38. The zero-order valence-corrected chi connectivity index (χ0v) is 19.4. The van der Waals surface area contributed by atoms with Gasteiger partial charge in [-0.15, -0.1) is 37.1 Å². The van der Waals surface area contributed by atoms with E-state index in [9.17, 15) is 18.0 Å². The van der Waals surface area contributed by atoms with E-state index in [0.29, 0.717) is 31.0 Å². The second-order valence-electron chi connectivity index (χ2n) is 6.89. The van der Waals surface area contributed by atoms with Crippen molar-refractivity contribution in [1.82, 2.24) is 25.0 Å². The number of ether oxygens (including phenoxy) is 1. The van der Waals surface area contributed by atoms with Gasteiger partial charge in [0.25, 0.3) is 0 Å². The molecule has 0 bridgehead atoms. The largest absolute Gasteiger partial charge is 0.573 e. The average molecular weight is 554 g/mol. The van der Waals surface area contributed by atoms with Crippen LogP contribution < -0.4 is 21.1 Å². The van der Waals surface area contributed by atoms with Gasteiger partial charge in [-0.2, -0.15) is 5.10 Å². The summed E-state index contributed by atoms with van der Waals surface area (Å²) in [6.45, 7) is 1.84. The summed E-state index contributed by atoms with van der Waals surface area (Å²) in [6, 6.07) is 5.93. The van der Waals surface area contributed by atoms with Crippen LogP contribution in [0.1, 0.15) is 30.7 Å². The Hall–Kier alpha value is -2.25. The van der Waals surface area contributed by atoms with Crippen molar-refractivity contribution in [2.75, 3.05) is 13.6 Å². The number of halogens is 4. The maximum absolute atomic E-state index is 12.5. The highest BCUT2D eigenvalue weighted by molar-refractivity contribution is 14.0. The van der Waals surface area contributed by atoms with Crippen LogP contribution in [0.4, 0.5) is 13.2 Å². The zero-order valence-electron chi connectivity index (χ0n) is 17.1. The summed E-state index contributed by atoms with van der Waals surface area (Å²) < 4.78 is 44.9. The highest BCUT2D eigenvalue weighted by atomic mass is 127. The number of aryl methyl sites for hydroxylation is 2. The lowest BCUT2D eigenvalue weighted by molar-refractivity contribution is -0.274. The van der Waals surface area contributed by atoms with E-state index >= 15 is 0 Å². The van der Waals surface area contributed by atoms with E-state index in [1.807, 2.05) is 0 Å². The van der Waals surface area contributed by atoms with Crippen LogP contribution >= 0.6 is 24.0 Å². The summed E-state index contributed by atoms with van der Waals surface area (Å²) in [5.41, 5.74) is 0.279. The maximum Gasteiger partial charge on any atom is 0.573 e. The summed E-state index contributed by atoms with van der Waals surface area (Å²) >= 11 is 0. The third-order valence-electron chi connectivity index (χ3n) is 4.74. The van der Waals surface area contributed by atoms with E-state index in [-0.39, 0.29) is 42.0 Å². The van der Waals surface area contributed by atoms with Crippen LogP contribution in [0.25, 0.3) is 0 Å². The molecule has 0 radical (unpaired) electrons. The Morgan fingerprint density at radius 2 is 2.03 bits per heavy atom. The lowest BCUT2D eigenvalue weighted by atomic mass is 10.2. The molecule has 2 heterocycles. The molecule has 0 aliphatic carbocycles. The van der Waals surface area contributed by atoms with E-state index in [0.717, 1.165) is 31.6 Å². The number of fused-ring (bicyclic) bond motifs is 1. The number of nitrogens with one attached hydrogen (secondary N) is 2. The molecule has 0 saturated carbocycles. The van der Waals surface area contributed by atoms with E-state index < -0.39 is 6.36 Å². The Morgan fingerprint density at radius 1 is 1.26 bits per heavy atom. The fraction of sp³-hybridized carbons (Fsp3) is 0.526. The monoisotopic (exact) mass is 554 g/mol. The molecule has 0 unspecified atom stereocenters. The molecule has 31 heavy (non-hydrogen) atoms. The number of rotatable bonds is 7. The summed E-state index contributed by atoms with van der Waals surface area (Å²) in [6.07, 6.45) is -1.22. The summed E-state index contributed by atoms with van der Waals surface area (Å²) in [5, 5.41) is 10.4. The van der Waals surface area contributed by atoms with Gasteiger partial charge < -0.3 is 15.4 Å². The third kappa shape index (κ3) is 7.14. The van der Waals surface area contributed by atoms with Gasteiger partial charge in [0.2, 0.25) is 0 Å². The van der Waals surface area contributed by atoms with Gasteiger partial charge in [-0.1, -0.05) is 18.2 Å². The Bertz CT molecular complexity index is 941. The highest BCUT2D eigenvalue weighted by Crippen LogP contribution is 2.26. The van der Waals surface area contributed by atoms with Crippen molar-refractivity contribution >= 4 is 29.9 Å². The van der Waals surface area contributed by atoms with Crippen LogP contribution in [0.2, 0.25) is 0 Å². The van der Waals surface area contributed by atoms with Gasteiger partial charge in [-0.05, 0) is 25.3 Å². The molecule has 1 aliphatic rings. The van der Waals surface area contributed by atoms with Gasteiger partial charge in [0, 0.05) is 45.2 Å². The minimum atomic E-state index is -4.75. The predicted octanol–water partition coefficient (Wildman–Crippen LogP) is 2.65.